The number of aryl methyl sites for hydroxylation is 1. The van der Waals surface area contributed by atoms with E-state index in [1.54, 1.807) is 0 Å². The number of morpholine rings is 1. The third-order valence-electron chi connectivity index (χ3n) is 4.48. The van der Waals surface area contributed by atoms with Crippen LogP contribution in [0, 0.1) is 6.92 Å². The number of aromatic nitrogens is 2. The smallest absolute Gasteiger partial charge is 0.253 e. The molecule has 1 amide bonds. The van der Waals surface area contributed by atoms with E-state index in [4.69, 9.17) is 4.74 Å². The molecule has 0 spiro atoms. The Bertz CT molecular complexity index is 637. The number of hydrogen-bond acceptors (Lipinski definition) is 6. The first-order valence-corrected chi connectivity index (χ1v) is 9.53. The highest BCUT2D eigenvalue weighted by molar-refractivity contribution is 7.98. The molecule has 1 aromatic heterocycles. The Morgan fingerprint density at radius 2 is 2.04 bits per heavy atom. The van der Waals surface area contributed by atoms with Gasteiger partial charge >= 0.3 is 0 Å². The minimum Gasteiger partial charge on any atom is -0.365 e. The predicted octanol–water partition coefficient (Wildman–Crippen LogP) is 1.97. The van der Waals surface area contributed by atoms with E-state index in [2.05, 4.69) is 9.97 Å². The van der Waals surface area contributed by atoms with E-state index in [9.17, 15) is 13.6 Å². The van der Waals surface area contributed by atoms with Crippen LogP contribution >= 0.6 is 11.8 Å². The number of carbonyl (C=O) groups excluding carboxylic acids is 1. The molecule has 25 heavy (non-hydrogen) atoms. The number of nitrogens with zero attached hydrogens (tertiary/aromatic N) is 4. The van der Waals surface area contributed by atoms with E-state index in [1.165, 1.54) is 16.7 Å². The maximum absolute atomic E-state index is 13.3. The molecule has 0 N–H and O–H groups in total. The fraction of sp³-hybridized carbons (Fsp3) is 0.688. The van der Waals surface area contributed by atoms with Gasteiger partial charge < -0.3 is 14.5 Å². The number of likely N-dealkylation sites (tertiary alicyclic amines) is 1. The minimum atomic E-state index is -2.66. The van der Waals surface area contributed by atoms with Crippen molar-refractivity contribution in [3.8, 4) is 0 Å². The van der Waals surface area contributed by atoms with Crippen LogP contribution in [0.2, 0.25) is 0 Å². The summed E-state index contributed by atoms with van der Waals surface area (Å²) in [6, 6.07) is 1.88. The molecule has 2 aliphatic rings. The quantitative estimate of drug-likeness (QED) is 0.597. The first-order valence-electron chi connectivity index (χ1n) is 8.31. The lowest BCUT2D eigenvalue weighted by molar-refractivity contribution is -0.150. The number of alkyl halides is 2. The Labute approximate surface area is 149 Å². The molecule has 0 aliphatic carbocycles. The highest BCUT2D eigenvalue weighted by atomic mass is 32.2. The summed E-state index contributed by atoms with van der Waals surface area (Å²) < 4.78 is 32.2. The second kappa shape index (κ2) is 7.41. The molecule has 6 nitrogen and oxygen atoms in total. The molecule has 2 saturated heterocycles. The Balaban J connectivity index is 1.67. The molecule has 2 aliphatic heterocycles. The van der Waals surface area contributed by atoms with Crippen molar-refractivity contribution in [2.45, 2.75) is 36.9 Å². The normalized spacial score (nSPS) is 23.6. The molecule has 2 fully saturated rings. The highest BCUT2D eigenvalue weighted by Gasteiger charge is 2.38. The van der Waals surface area contributed by atoms with E-state index in [0.29, 0.717) is 24.9 Å². The lowest BCUT2D eigenvalue weighted by Crippen LogP contribution is -2.53. The molecule has 3 heterocycles. The number of amides is 1. The van der Waals surface area contributed by atoms with Gasteiger partial charge in [-0.15, -0.1) is 0 Å². The van der Waals surface area contributed by atoms with Crippen LogP contribution in [-0.4, -0.2) is 71.8 Å². The number of rotatable bonds is 3. The van der Waals surface area contributed by atoms with Gasteiger partial charge in [-0.05, 0) is 13.2 Å². The monoisotopic (exact) mass is 372 g/mol. The molecule has 1 atom stereocenters. The number of ether oxygens (including phenoxy) is 1. The van der Waals surface area contributed by atoms with E-state index in [1.807, 2.05) is 24.1 Å². The van der Waals surface area contributed by atoms with E-state index in [0.717, 1.165) is 11.5 Å². The van der Waals surface area contributed by atoms with Crippen LogP contribution < -0.4 is 4.90 Å². The number of piperidine rings is 1. The zero-order chi connectivity index (χ0) is 18.0. The van der Waals surface area contributed by atoms with Gasteiger partial charge in [-0.3, -0.25) is 4.79 Å². The van der Waals surface area contributed by atoms with Crippen molar-refractivity contribution >= 4 is 23.5 Å². The molecule has 0 saturated carbocycles. The van der Waals surface area contributed by atoms with Crippen LogP contribution in [-0.2, 0) is 9.53 Å². The van der Waals surface area contributed by atoms with Crippen molar-refractivity contribution in [1.29, 1.82) is 0 Å². The Morgan fingerprint density at radius 1 is 1.32 bits per heavy atom. The van der Waals surface area contributed by atoms with Crippen LogP contribution in [0.15, 0.2) is 11.2 Å². The van der Waals surface area contributed by atoms with Crippen molar-refractivity contribution in [2.75, 3.05) is 43.9 Å². The average Bonchev–Trinajstić information content (AvgIpc) is 2.60. The number of carbonyl (C=O) groups is 1. The van der Waals surface area contributed by atoms with Gasteiger partial charge in [0, 0.05) is 44.2 Å². The summed E-state index contributed by atoms with van der Waals surface area (Å²) in [4.78, 5) is 24.9. The first kappa shape index (κ1) is 18.3. The molecule has 0 radical (unpaired) electrons. The summed E-state index contributed by atoms with van der Waals surface area (Å²) in [5.74, 6) is -2.11. The largest absolute Gasteiger partial charge is 0.365 e. The molecule has 3 rings (SSSR count). The van der Waals surface area contributed by atoms with Gasteiger partial charge in [-0.1, -0.05) is 11.8 Å². The van der Waals surface area contributed by atoms with Crippen molar-refractivity contribution < 1.29 is 18.3 Å². The minimum absolute atomic E-state index is 0.0783. The second-order valence-corrected chi connectivity index (χ2v) is 7.11. The fourth-order valence-electron chi connectivity index (χ4n) is 3.04. The molecule has 1 unspecified atom stereocenters. The van der Waals surface area contributed by atoms with Crippen LogP contribution in [0.1, 0.15) is 18.5 Å². The molecular weight excluding hydrogens is 350 g/mol. The van der Waals surface area contributed by atoms with Gasteiger partial charge in [0.25, 0.3) is 11.8 Å². The molecule has 138 valence electrons. The van der Waals surface area contributed by atoms with E-state index < -0.39 is 12.0 Å². The maximum Gasteiger partial charge on any atom is 0.253 e. The van der Waals surface area contributed by atoms with Crippen LogP contribution in [0.3, 0.4) is 0 Å². The molecule has 0 bridgehead atoms. The maximum atomic E-state index is 13.3. The third-order valence-corrected chi connectivity index (χ3v) is 5.02. The number of hydrogen-bond donors (Lipinski definition) is 0. The van der Waals surface area contributed by atoms with E-state index in [-0.39, 0.29) is 31.8 Å². The Kier molecular flexibility index (Phi) is 5.43. The molecule has 9 heteroatoms. The molecule has 1 aromatic rings. The average molecular weight is 372 g/mol. The topological polar surface area (TPSA) is 58.6 Å². The number of thioether (sulfide) groups is 1. The molecular formula is C16H22F2N4O2S. The lowest BCUT2D eigenvalue weighted by atomic mass is 10.1. The zero-order valence-corrected chi connectivity index (χ0v) is 15.2. The van der Waals surface area contributed by atoms with Crippen molar-refractivity contribution in [1.82, 2.24) is 14.9 Å². The SMILES string of the molecule is CSc1nc(C)cc(N2CCOC(C(=O)N3CCC(F)(F)CC3)C2)n1. The highest BCUT2D eigenvalue weighted by Crippen LogP contribution is 2.28. The van der Waals surface area contributed by atoms with Gasteiger partial charge in [0.1, 0.15) is 5.82 Å². The summed E-state index contributed by atoms with van der Waals surface area (Å²) >= 11 is 1.46. The van der Waals surface area contributed by atoms with Gasteiger partial charge in [0.2, 0.25) is 0 Å². The summed E-state index contributed by atoms with van der Waals surface area (Å²) in [5.41, 5.74) is 0.863. The predicted molar refractivity (Wildman–Crippen MR) is 91.3 cm³/mol. The zero-order valence-electron chi connectivity index (χ0n) is 14.4. The van der Waals surface area contributed by atoms with Crippen LogP contribution in [0.4, 0.5) is 14.6 Å². The van der Waals surface area contributed by atoms with Crippen LogP contribution in [0.25, 0.3) is 0 Å². The summed E-state index contributed by atoms with van der Waals surface area (Å²) in [6.07, 6.45) is 0.707. The summed E-state index contributed by atoms with van der Waals surface area (Å²) in [5, 5.41) is 0.683. The third kappa shape index (κ3) is 4.38. The standard InChI is InChI=1S/C16H22F2N4O2S/c1-11-9-13(20-15(19-11)25-2)22-7-8-24-12(10-22)14(23)21-5-3-16(17,18)4-6-21/h9,12H,3-8,10H2,1-2H3. The van der Waals surface area contributed by atoms with Crippen molar-refractivity contribution in [2.24, 2.45) is 0 Å². The fourth-order valence-corrected chi connectivity index (χ4v) is 3.46. The van der Waals surface area contributed by atoms with Crippen LogP contribution in [0.5, 0.6) is 0 Å². The van der Waals surface area contributed by atoms with Gasteiger partial charge in [-0.2, -0.15) is 0 Å². The first-order chi connectivity index (χ1) is 11.9. The van der Waals surface area contributed by atoms with Crippen molar-refractivity contribution in [3.05, 3.63) is 11.8 Å². The summed E-state index contributed by atoms with van der Waals surface area (Å²) in [6.45, 7) is 3.46. The van der Waals surface area contributed by atoms with Crippen molar-refractivity contribution in [3.63, 3.8) is 0 Å². The van der Waals surface area contributed by atoms with E-state index >= 15 is 0 Å². The number of anilines is 1. The van der Waals surface area contributed by atoms with Gasteiger partial charge in [0.05, 0.1) is 13.2 Å². The van der Waals surface area contributed by atoms with Gasteiger partial charge in [-0.25, -0.2) is 18.7 Å². The molecule has 0 aromatic carbocycles. The van der Waals surface area contributed by atoms with Gasteiger partial charge in [0.15, 0.2) is 11.3 Å². The number of halogens is 2. The lowest BCUT2D eigenvalue weighted by Gasteiger charge is -2.38. The Morgan fingerprint density at radius 3 is 2.72 bits per heavy atom. The second-order valence-electron chi connectivity index (χ2n) is 6.34. The summed E-state index contributed by atoms with van der Waals surface area (Å²) in [7, 11) is 0. The Hall–Kier alpha value is -1.48.